The third-order valence-electron chi connectivity index (χ3n) is 9.79. The van der Waals surface area contributed by atoms with Crippen LogP contribution in [0.1, 0.15) is 25.0 Å². The highest BCUT2D eigenvalue weighted by molar-refractivity contribution is 6.01. The van der Waals surface area contributed by atoms with Gasteiger partial charge in [0.1, 0.15) is 0 Å². The molecule has 0 N–H and O–H groups in total. The van der Waals surface area contributed by atoms with Gasteiger partial charge in [0, 0.05) is 33.9 Å². The molecule has 0 fully saturated rings. The monoisotopic (exact) mass is 628 g/mol. The number of rotatable bonds is 5. The lowest BCUT2D eigenvalue weighted by Gasteiger charge is -2.23. The number of aromatic nitrogens is 4. The van der Waals surface area contributed by atoms with E-state index in [1.807, 2.05) is 54.7 Å². The molecule has 6 aromatic carbocycles. The van der Waals surface area contributed by atoms with Crippen LogP contribution >= 0.6 is 0 Å². The second-order valence-electron chi connectivity index (χ2n) is 13.1. The Morgan fingerprint density at radius 1 is 0.429 bits per heavy atom. The van der Waals surface area contributed by atoms with Gasteiger partial charge in [-0.15, -0.1) is 0 Å². The molecule has 2 aromatic heterocycles. The van der Waals surface area contributed by atoms with E-state index in [0.717, 1.165) is 27.9 Å². The summed E-state index contributed by atoms with van der Waals surface area (Å²) in [6.07, 6.45) is 1.81. The summed E-state index contributed by atoms with van der Waals surface area (Å²) in [7, 11) is 0. The molecular weight excluding hydrogens is 597 g/mol. The van der Waals surface area contributed by atoms with Crippen molar-refractivity contribution in [2.75, 3.05) is 0 Å². The van der Waals surface area contributed by atoms with Crippen LogP contribution < -0.4 is 0 Å². The molecule has 0 bridgehead atoms. The van der Waals surface area contributed by atoms with E-state index >= 15 is 0 Å². The lowest BCUT2D eigenvalue weighted by atomic mass is 9.80. The molecule has 0 radical (unpaired) electrons. The van der Waals surface area contributed by atoms with Gasteiger partial charge in [0.25, 0.3) is 0 Å². The Morgan fingerprint density at radius 3 is 1.69 bits per heavy atom. The third kappa shape index (κ3) is 4.92. The van der Waals surface area contributed by atoms with E-state index in [9.17, 15) is 0 Å². The first-order chi connectivity index (χ1) is 24.0. The Labute approximate surface area is 285 Å². The van der Waals surface area contributed by atoms with Crippen molar-refractivity contribution in [2.24, 2.45) is 0 Å². The topological polar surface area (TPSA) is 51.6 Å². The fourth-order valence-corrected chi connectivity index (χ4v) is 7.36. The number of benzene rings is 6. The van der Waals surface area contributed by atoms with Crippen molar-refractivity contribution in [1.82, 2.24) is 19.9 Å². The normalized spacial score (nSPS) is 12.9. The summed E-state index contributed by atoms with van der Waals surface area (Å²) in [6, 6.07) is 53.0. The van der Waals surface area contributed by atoms with E-state index in [4.69, 9.17) is 15.0 Å². The SMILES string of the molecule is CC1(C)c2cccc(-c3ccc(-c4nc(-c5ccccc5)nc(-c5ccc(-c6ccccn6)cc5)n4)cc3)c2-c2ccc3ccccc3c21. The van der Waals surface area contributed by atoms with E-state index in [-0.39, 0.29) is 5.41 Å². The Kier molecular flexibility index (Phi) is 6.77. The van der Waals surface area contributed by atoms with Gasteiger partial charge in [-0.3, -0.25) is 4.98 Å². The van der Waals surface area contributed by atoms with E-state index < -0.39 is 0 Å². The summed E-state index contributed by atoms with van der Waals surface area (Å²) < 4.78 is 0. The maximum absolute atomic E-state index is 5.00. The van der Waals surface area contributed by atoms with Crippen molar-refractivity contribution in [3.05, 3.63) is 169 Å². The van der Waals surface area contributed by atoms with Crippen molar-refractivity contribution < 1.29 is 0 Å². The molecule has 2 heterocycles. The summed E-state index contributed by atoms with van der Waals surface area (Å²) >= 11 is 0. The van der Waals surface area contributed by atoms with Crippen LogP contribution in [0.5, 0.6) is 0 Å². The Bertz CT molecular complexity index is 2490. The van der Waals surface area contributed by atoms with Gasteiger partial charge in [0.05, 0.1) is 5.69 Å². The minimum atomic E-state index is -0.105. The van der Waals surface area contributed by atoms with Crippen LogP contribution in [-0.4, -0.2) is 19.9 Å². The highest BCUT2D eigenvalue weighted by atomic mass is 15.0. The molecule has 0 aliphatic heterocycles. The van der Waals surface area contributed by atoms with Gasteiger partial charge in [-0.05, 0) is 56.3 Å². The quantitative estimate of drug-likeness (QED) is 0.190. The molecule has 4 heteroatoms. The largest absolute Gasteiger partial charge is 0.256 e. The summed E-state index contributed by atoms with van der Waals surface area (Å²) in [5.74, 6) is 1.92. The van der Waals surface area contributed by atoms with Crippen LogP contribution in [0, 0.1) is 0 Å². The lowest BCUT2D eigenvalue weighted by Crippen LogP contribution is -2.15. The van der Waals surface area contributed by atoms with Crippen LogP contribution in [0.25, 0.3) is 78.4 Å². The molecule has 232 valence electrons. The molecule has 0 saturated carbocycles. The molecule has 0 atom stereocenters. The van der Waals surface area contributed by atoms with E-state index in [2.05, 4.69) is 122 Å². The minimum absolute atomic E-state index is 0.105. The molecule has 0 spiro atoms. The fraction of sp³-hybridized carbons (Fsp3) is 0.0667. The number of fused-ring (bicyclic) bond motifs is 5. The zero-order valence-corrected chi connectivity index (χ0v) is 27.3. The molecule has 8 aromatic rings. The van der Waals surface area contributed by atoms with E-state index in [1.54, 1.807) is 0 Å². The molecule has 0 unspecified atom stereocenters. The van der Waals surface area contributed by atoms with Crippen LogP contribution in [0.2, 0.25) is 0 Å². The Hall–Kier alpha value is -6.26. The smallest absolute Gasteiger partial charge is 0.164 e. The second kappa shape index (κ2) is 11.5. The summed E-state index contributed by atoms with van der Waals surface area (Å²) in [4.78, 5) is 19.4. The number of nitrogens with zero attached hydrogens (tertiary/aromatic N) is 4. The maximum Gasteiger partial charge on any atom is 0.164 e. The molecule has 49 heavy (non-hydrogen) atoms. The van der Waals surface area contributed by atoms with Gasteiger partial charge < -0.3 is 0 Å². The Morgan fingerprint density at radius 2 is 1.02 bits per heavy atom. The van der Waals surface area contributed by atoms with Crippen molar-refractivity contribution in [2.45, 2.75) is 19.3 Å². The first kappa shape index (κ1) is 28.9. The molecular formula is C45H32N4. The van der Waals surface area contributed by atoms with Gasteiger partial charge in [-0.2, -0.15) is 0 Å². The predicted octanol–water partition coefficient (Wildman–Crippen LogP) is 11.1. The summed E-state index contributed by atoms with van der Waals surface area (Å²) in [6.45, 7) is 4.71. The van der Waals surface area contributed by atoms with Crippen molar-refractivity contribution in [3.8, 4) is 67.7 Å². The van der Waals surface area contributed by atoms with Gasteiger partial charge in [-0.25, -0.2) is 15.0 Å². The minimum Gasteiger partial charge on any atom is -0.256 e. The third-order valence-corrected chi connectivity index (χ3v) is 9.79. The molecule has 0 saturated heterocycles. The molecule has 9 rings (SSSR count). The average Bonchev–Trinajstić information content (AvgIpc) is 3.42. The molecule has 1 aliphatic carbocycles. The average molecular weight is 629 g/mol. The second-order valence-corrected chi connectivity index (χ2v) is 13.1. The van der Waals surface area contributed by atoms with Crippen molar-refractivity contribution in [1.29, 1.82) is 0 Å². The highest BCUT2D eigenvalue weighted by Crippen LogP contribution is 2.54. The molecule has 0 amide bonds. The molecule has 1 aliphatic rings. The van der Waals surface area contributed by atoms with Gasteiger partial charge in [-0.1, -0.05) is 153 Å². The van der Waals surface area contributed by atoms with Gasteiger partial charge in [0.2, 0.25) is 0 Å². The van der Waals surface area contributed by atoms with E-state index in [0.29, 0.717) is 17.5 Å². The summed E-state index contributed by atoms with van der Waals surface area (Å²) in [5, 5.41) is 2.61. The number of hydrogen-bond acceptors (Lipinski definition) is 4. The zero-order valence-electron chi connectivity index (χ0n) is 27.3. The van der Waals surface area contributed by atoms with Crippen LogP contribution in [0.3, 0.4) is 0 Å². The highest BCUT2D eigenvalue weighted by Gasteiger charge is 2.38. The van der Waals surface area contributed by atoms with Crippen molar-refractivity contribution >= 4 is 10.8 Å². The predicted molar refractivity (Wildman–Crippen MR) is 200 cm³/mol. The van der Waals surface area contributed by atoms with Crippen LogP contribution in [0.15, 0.2) is 158 Å². The zero-order chi connectivity index (χ0) is 33.0. The number of hydrogen-bond donors (Lipinski definition) is 0. The first-order valence-corrected chi connectivity index (χ1v) is 16.6. The van der Waals surface area contributed by atoms with Crippen LogP contribution in [0.4, 0.5) is 0 Å². The Balaban J connectivity index is 1.13. The summed E-state index contributed by atoms with van der Waals surface area (Å²) in [5.41, 5.74) is 12.5. The lowest BCUT2D eigenvalue weighted by molar-refractivity contribution is 0.666. The fourth-order valence-electron chi connectivity index (χ4n) is 7.36. The van der Waals surface area contributed by atoms with Crippen LogP contribution in [-0.2, 0) is 5.41 Å². The molecule has 4 nitrogen and oxygen atoms in total. The first-order valence-electron chi connectivity index (χ1n) is 16.6. The van der Waals surface area contributed by atoms with E-state index in [1.165, 1.54) is 44.2 Å². The van der Waals surface area contributed by atoms with Crippen molar-refractivity contribution in [3.63, 3.8) is 0 Å². The van der Waals surface area contributed by atoms with Gasteiger partial charge >= 0.3 is 0 Å². The van der Waals surface area contributed by atoms with Gasteiger partial charge in [0.15, 0.2) is 17.5 Å². The maximum atomic E-state index is 5.00. The standard InChI is InChI=1S/C45H32N4/c1-45(2)38-16-10-15-35(40(38)37-27-26-29-11-6-7-14-36(29)41(37)45)30-18-22-33(23-19-30)43-47-42(32-12-4-3-5-13-32)48-44(49-43)34-24-20-31(21-25-34)39-17-8-9-28-46-39/h3-28H,1-2H3. The number of pyridine rings is 1.